The summed E-state index contributed by atoms with van der Waals surface area (Å²) >= 11 is 0. The van der Waals surface area contributed by atoms with Gasteiger partial charge >= 0.3 is 0 Å². The van der Waals surface area contributed by atoms with Crippen LogP contribution in [-0.2, 0) is 0 Å². The summed E-state index contributed by atoms with van der Waals surface area (Å²) in [4.78, 5) is 10.2. The average Bonchev–Trinajstić information content (AvgIpc) is 2.41. The van der Waals surface area contributed by atoms with Gasteiger partial charge in [-0.1, -0.05) is 0 Å². The van der Waals surface area contributed by atoms with E-state index in [0.29, 0.717) is 0 Å². The van der Waals surface area contributed by atoms with Crippen molar-refractivity contribution < 1.29 is 0 Å². The Balaban J connectivity index is 1.79. The monoisotopic (exact) mass is 228 g/mol. The van der Waals surface area contributed by atoms with E-state index >= 15 is 0 Å². The van der Waals surface area contributed by atoms with Crippen molar-refractivity contribution in [3.63, 3.8) is 0 Å². The second-order valence-electron chi connectivity index (χ2n) is 3.79. The first-order valence-electron chi connectivity index (χ1n) is 5.61. The van der Waals surface area contributed by atoms with Crippen molar-refractivity contribution in [1.29, 1.82) is 0 Å². The van der Waals surface area contributed by atoms with Crippen molar-refractivity contribution >= 4 is 11.4 Å². The van der Waals surface area contributed by atoms with Gasteiger partial charge in [0.1, 0.15) is 0 Å². The molecule has 0 aliphatic carbocycles. The van der Waals surface area contributed by atoms with Crippen LogP contribution < -0.4 is 10.2 Å². The molecule has 0 bridgehead atoms. The first kappa shape index (κ1) is 11.4. The van der Waals surface area contributed by atoms with E-state index < -0.39 is 0 Å². The smallest absolute Gasteiger partial charge is 0.0395 e. The zero-order chi connectivity index (χ0) is 11.9. The summed E-state index contributed by atoms with van der Waals surface area (Å²) < 4.78 is 0. The number of nitrogens with one attached hydrogen (secondary N) is 1. The highest BCUT2D eigenvalue weighted by molar-refractivity contribution is 5.45. The third-order valence-corrected chi connectivity index (χ3v) is 2.56. The van der Waals surface area contributed by atoms with Crippen molar-refractivity contribution in [3.8, 4) is 0 Å². The summed E-state index contributed by atoms with van der Waals surface area (Å²) in [7, 11) is 2.07. The molecule has 0 saturated carbocycles. The standard InChI is InChI=1S/C13H16N4/c1-17(13-4-8-15-9-5-13)11-10-16-12-2-6-14-7-3-12/h2-9H,10-11H2,1H3,(H,14,16). The van der Waals surface area contributed by atoms with Gasteiger partial charge in [-0.2, -0.15) is 0 Å². The van der Waals surface area contributed by atoms with Crippen LogP contribution in [0, 0.1) is 0 Å². The second-order valence-corrected chi connectivity index (χ2v) is 3.79. The van der Waals surface area contributed by atoms with Gasteiger partial charge in [-0.15, -0.1) is 0 Å². The van der Waals surface area contributed by atoms with Gasteiger partial charge in [0.25, 0.3) is 0 Å². The molecule has 0 aliphatic heterocycles. The van der Waals surface area contributed by atoms with Crippen LogP contribution in [0.15, 0.2) is 49.1 Å². The number of nitrogens with zero attached hydrogens (tertiary/aromatic N) is 3. The van der Waals surface area contributed by atoms with Gasteiger partial charge in [-0.3, -0.25) is 9.97 Å². The van der Waals surface area contributed by atoms with Crippen LogP contribution in [0.4, 0.5) is 11.4 Å². The van der Waals surface area contributed by atoms with Crippen LogP contribution in [0.3, 0.4) is 0 Å². The maximum Gasteiger partial charge on any atom is 0.0395 e. The molecular formula is C13H16N4. The van der Waals surface area contributed by atoms with Crippen molar-refractivity contribution in [3.05, 3.63) is 49.1 Å². The molecule has 4 nitrogen and oxygen atoms in total. The van der Waals surface area contributed by atoms with E-state index in [0.717, 1.165) is 18.8 Å². The molecule has 0 aromatic carbocycles. The largest absolute Gasteiger partial charge is 0.383 e. The Kier molecular flexibility index (Phi) is 3.91. The van der Waals surface area contributed by atoms with Crippen LogP contribution in [0.5, 0.6) is 0 Å². The van der Waals surface area contributed by atoms with Crippen molar-refractivity contribution in [1.82, 2.24) is 9.97 Å². The molecule has 17 heavy (non-hydrogen) atoms. The molecule has 2 aromatic rings. The molecule has 0 amide bonds. The fourth-order valence-electron chi connectivity index (χ4n) is 1.57. The maximum absolute atomic E-state index is 4.01. The minimum absolute atomic E-state index is 0.892. The van der Waals surface area contributed by atoms with E-state index in [1.807, 2.05) is 36.7 Å². The molecule has 0 atom stereocenters. The Morgan fingerprint density at radius 3 is 2.24 bits per heavy atom. The molecule has 2 aromatic heterocycles. The molecule has 0 spiro atoms. The second kappa shape index (κ2) is 5.84. The lowest BCUT2D eigenvalue weighted by Crippen LogP contribution is -2.24. The van der Waals surface area contributed by atoms with Crippen molar-refractivity contribution in [2.45, 2.75) is 0 Å². The Morgan fingerprint density at radius 1 is 1.00 bits per heavy atom. The first-order chi connectivity index (χ1) is 8.36. The molecule has 0 unspecified atom stereocenters. The predicted octanol–water partition coefficient (Wildman–Crippen LogP) is 2.02. The summed E-state index contributed by atoms with van der Waals surface area (Å²) in [5.74, 6) is 0. The average molecular weight is 228 g/mol. The summed E-state index contributed by atoms with van der Waals surface area (Å²) in [6, 6.07) is 7.94. The highest BCUT2D eigenvalue weighted by Gasteiger charge is 1.98. The quantitative estimate of drug-likeness (QED) is 0.850. The maximum atomic E-state index is 4.01. The van der Waals surface area contributed by atoms with E-state index in [2.05, 4.69) is 27.2 Å². The summed E-state index contributed by atoms with van der Waals surface area (Å²) in [5.41, 5.74) is 2.28. The Labute approximate surface area is 101 Å². The number of pyridine rings is 2. The third kappa shape index (κ3) is 3.45. The molecule has 4 heteroatoms. The third-order valence-electron chi connectivity index (χ3n) is 2.56. The topological polar surface area (TPSA) is 41.0 Å². The lowest BCUT2D eigenvalue weighted by molar-refractivity contribution is 0.912. The minimum Gasteiger partial charge on any atom is -0.383 e. The zero-order valence-corrected chi connectivity index (χ0v) is 9.87. The highest BCUT2D eigenvalue weighted by atomic mass is 15.1. The fraction of sp³-hybridized carbons (Fsp3) is 0.231. The molecule has 2 heterocycles. The molecule has 1 N–H and O–H groups in total. The van der Waals surface area contributed by atoms with E-state index in [1.165, 1.54) is 5.69 Å². The van der Waals surface area contributed by atoms with Gasteiger partial charge in [-0.05, 0) is 24.3 Å². The lowest BCUT2D eigenvalue weighted by Gasteiger charge is -2.19. The number of aromatic nitrogens is 2. The van der Waals surface area contributed by atoms with Crippen molar-refractivity contribution in [2.24, 2.45) is 0 Å². The molecule has 88 valence electrons. The van der Waals surface area contributed by atoms with E-state index in [1.54, 1.807) is 12.4 Å². The Morgan fingerprint density at radius 2 is 1.59 bits per heavy atom. The normalized spacial score (nSPS) is 9.94. The van der Waals surface area contributed by atoms with Crippen LogP contribution in [0.25, 0.3) is 0 Å². The fourth-order valence-corrected chi connectivity index (χ4v) is 1.57. The van der Waals surface area contributed by atoms with Gasteiger partial charge in [0.05, 0.1) is 0 Å². The number of likely N-dealkylation sites (N-methyl/N-ethyl adjacent to an activating group) is 1. The molecule has 0 fully saturated rings. The zero-order valence-electron chi connectivity index (χ0n) is 9.87. The first-order valence-corrected chi connectivity index (χ1v) is 5.61. The van der Waals surface area contributed by atoms with Gasteiger partial charge in [0.2, 0.25) is 0 Å². The van der Waals surface area contributed by atoms with E-state index in [9.17, 15) is 0 Å². The van der Waals surface area contributed by atoms with E-state index in [4.69, 9.17) is 0 Å². The van der Waals surface area contributed by atoms with Gasteiger partial charge in [0, 0.05) is 56.3 Å². The molecular weight excluding hydrogens is 212 g/mol. The summed E-state index contributed by atoms with van der Waals surface area (Å²) in [6.45, 7) is 1.83. The number of hydrogen-bond acceptors (Lipinski definition) is 4. The predicted molar refractivity (Wildman–Crippen MR) is 70.2 cm³/mol. The lowest BCUT2D eigenvalue weighted by atomic mass is 10.3. The number of anilines is 2. The van der Waals surface area contributed by atoms with Crippen LogP contribution in [0.2, 0.25) is 0 Å². The van der Waals surface area contributed by atoms with Crippen molar-refractivity contribution in [2.75, 3.05) is 30.4 Å². The highest BCUT2D eigenvalue weighted by Crippen LogP contribution is 2.09. The van der Waals surface area contributed by atoms with Crippen LogP contribution >= 0.6 is 0 Å². The van der Waals surface area contributed by atoms with Crippen LogP contribution in [0.1, 0.15) is 0 Å². The van der Waals surface area contributed by atoms with Crippen LogP contribution in [-0.4, -0.2) is 30.1 Å². The van der Waals surface area contributed by atoms with Gasteiger partial charge in [0.15, 0.2) is 0 Å². The molecule has 2 rings (SSSR count). The van der Waals surface area contributed by atoms with Gasteiger partial charge < -0.3 is 10.2 Å². The molecule has 0 aliphatic rings. The molecule has 0 radical (unpaired) electrons. The molecule has 0 saturated heterocycles. The van der Waals surface area contributed by atoms with Gasteiger partial charge in [-0.25, -0.2) is 0 Å². The Bertz CT molecular complexity index is 430. The summed E-state index contributed by atoms with van der Waals surface area (Å²) in [6.07, 6.45) is 7.19. The minimum atomic E-state index is 0.892. The summed E-state index contributed by atoms with van der Waals surface area (Å²) in [5, 5.41) is 3.35. The van der Waals surface area contributed by atoms with E-state index in [-0.39, 0.29) is 0 Å². The Hall–Kier alpha value is -2.10. The SMILES string of the molecule is CN(CCNc1ccncc1)c1ccncc1. The number of rotatable bonds is 5. The number of hydrogen-bond donors (Lipinski definition) is 1.